The second kappa shape index (κ2) is 8.05. The van der Waals surface area contributed by atoms with Crippen molar-refractivity contribution in [2.45, 2.75) is 20.8 Å². The van der Waals surface area contributed by atoms with Gasteiger partial charge in [-0.15, -0.1) is 11.3 Å². The number of nitrogens with one attached hydrogen (secondary N) is 1. The molecule has 0 saturated heterocycles. The van der Waals surface area contributed by atoms with Gasteiger partial charge >= 0.3 is 5.97 Å². The van der Waals surface area contributed by atoms with Gasteiger partial charge in [-0.25, -0.2) is 9.78 Å². The van der Waals surface area contributed by atoms with Crippen molar-refractivity contribution in [1.82, 2.24) is 9.88 Å². The fourth-order valence-corrected chi connectivity index (χ4v) is 2.28. The summed E-state index contributed by atoms with van der Waals surface area (Å²) in [6.07, 6.45) is 0. The predicted octanol–water partition coefficient (Wildman–Crippen LogP) is 2.07. The van der Waals surface area contributed by atoms with Crippen molar-refractivity contribution in [1.29, 1.82) is 0 Å². The summed E-state index contributed by atoms with van der Waals surface area (Å²) in [5.41, 5.74) is 2.05. The summed E-state index contributed by atoms with van der Waals surface area (Å²) in [5, 5.41) is 4.04. The highest BCUT2D eigenvalue weighted by atomic mass is 32.1. The Kier molecular flexibility index (Phi) is 6.67. The molecule has 18 heavy (non-hydrogen) atoms. The van der Waals surface area contributed by atoms with Crippen LogP contribution in [0.3, 0.4) is 0 Å². The van der Waals surface area contributed by atoms with E-state index >= 15 is 0 Å². The van der Waals surface area contributed by atoms with Crippen molar-refractivity contribution < 1.29 is 9.53 Å². The molecule has 0 bridgehead atoms. The topological polar surface area (TPSA) is 54.5 Å². The van der Waals surface area contributed by atoms with Gasteiger partial charge < -0.3 is 15.0 Å². The van der Waals surface area contributed by atoms with Crippen LogP contribution in [0, 0.1) is 0 Å². The number of carbonyl (C=O) groups excluding carboxylic acids is 1. The van der Waals surface area contributed by atoms with Crippen LogP contribution in [-0.2, 0) is 4.74 Å². The smallest absolute Gasteiger partial charge is 0.360 e. The van der Waals surface area contributed by atoms with Gasteiger partial charge in [-0.05, 0) is 20.0 Å². The largest absolute Gasteiger partial charge is 0.461 e. The van der Waals surface area contributed by atoms with E-state index < -0.39 is 0 Å². The van der Waals surface area contributed by atoms with Crippen LogP contribution in [0.1, 0.15) is 31.3 Å². The zero-order valence-corrected chi connectivity index (χ0v) is 12.0. The molecule has 0 atom stereocenters. The number of thiazole rings is 1. The number of likely N-dealkylation sites (N-methyl/N-ethyl adjacent to an activating group) is 1. The van der Waals surface area contributed by atoms with E-state index in [1.54, 1.807) is 12.4 Å². The molecule has 1 rings (SSSR count). The first kappa shape index (κ1) is 14.9. The number of rotatable bonds is 8. The van der Waals surface area contributed by atoms with Gasteiger partial charge in [0.25, 0.3) is 0 Å². The quantitative estimate of drug-likeness (QED) is 0.734. The molecule has 0 amide bonds. The lowest BCUT2D eigenvalue weighted by Gasteiger charge is -2.18. The molecular formula is C12H21N3O2S. The zero-order chi connectivity index (χ0) is 13.4. The van der Waals surface area contributed by atoms with E-state index in [1.165, 1.54) is 11.3 Å². The fraction of sp³-hybridized carbons (Fsp3) is 0.667. The Bertz CT molecular complexity index is 364. The van der Waals surface area contributed by atoms with E-state index in [0.717, 1.165) is 31.2 Å². The average Bonchev–Trinajstić information content (AvgIpc) is 2.83. The molecule has 1 aromatic rings. The van der Waals surface area contributed by atoms with Gasteiger partial charge in [0.05, 0.1) is 12.1 Å². The molecule has 0 aliphatic carbocycles. The Labute approximate surface area is 112 Å². The van der Waals surface area contributed by atoms with Crippen LogP contribution in [-0.4, -0.2) is 48.6 Å². The minimum Gasteiger partial charge on any atom is -0.461 e. The molecule has 0 aromatic carbocycles. The summed E-state index contributed by atoms with van der Waals surface area (Å²) < 4.78 is 4.95. The second-order valence-corrected chi connectivity index (χ2v) is 4.56. The lowest BCUT2D eigenvalue weighted by Crippen LogP contribution is -2.28. The van der Waals surface area contributed by atoms with Crippen molar-refractivity contribution in [3.63, 3.8) is 0 Å². The van der Waals surface area contributed by atoms with Gasteiger partial charge in [-0.2, -0.15) is 0 Å². The maximum atomic E-state index is 11.6. The van der Waals surface area contributed by atoms with Crippen molar-refractivity contribution in [3.05, 3.63) is 11.2 Å². The number of esters is 1. The Morgan fingerprint density at radius 1 is 1.44 bits per heavy atom. The maximum absolute atomic E-state index is 11.6. The Hall–Kier alpha value is -1.14. The van der Waals surface area contributed by atoms with Crippen molar-refractivity contribution in [2.24, 2.45) is 0 Å². The molecule has 0 aliphatic heterocycles. The van der Waals surface area contributed by atoms with E-state index in [0.29, 0.717) is 12.3 Å². The van der Waals surface area contributed by atoms with Crippen LogP contribution >= 0.6 is 11.3 Å². The Morgan fingerprint density at radius 3 is 2.78 bits per heavy atom. The number of hydrogen-bond donors (Lipinski definition) is 1. The molecule has 0 saturated carbocycles. The third-order valence-electron chi connectivity index (χ3n) is 2.64. The van der Waals surface area contributed by atoms with Crippen molar-refractivity contribution >= 4 is 22.3 Å². The minimum atomic E-state index is -0.357. The van der Waals surface area contributed by atoms with Gasteiger partial charge in [0.2, 0.25) is 0 Å². The molecule has 6 heteroatoms. The van der Waals surface area contributed by atoms with Gasteiger partial charge in [0.1, 0.15) is 5.00 Å². The summed E-state index contributed by atoms with van der Waals surface area (Å²) >= 11 is 1.43. The van der Waals surface area contributed by atoms with Gasteiger partial charge in [0.15, 0.2) is 5.69 Å². The molecular weight excluding hydrogens is 250 g/mol. The maximum Gasteiger partial charge on any atom is 0.360 e. The Morgan fingerprint density at radius 2 is 2.17 bits per heavy atom. The summed E-state index contributed by atoms with van der Waals surface area (Å²) in [4.78, 5) is 18.0. The molecule has 5 nitrogen and oxygen atoms in total. The van der Waals surface area contributed by atoms with Crippen LogP contribution in [0.4, 0.5) is 5.00 Å². The number of aromatic nitrogens is 1. The van der Waals surface area contributed by atoms with E-state index in [-0.39, 0.29) is 5.97 Å². The molecule has 0 aliphatic rings. The van der Waals surface area contributed by atoms with E-state index in [4.69, 9.17) is 4.74 Å². The lowest BCUT2D eigenvalue weighted by molar-refractivity contribution is 0.0521. The summed E-state index contributed by atoms with van der Waals surface area (Å²) in [6.45, 7) is 10.3. The lowest BCUT2D eigenvalue weighted by atomic mass is 10.4. The van der Waals surface area contributed by atoms with Crippen LogP contribution in [0.5, 0.6) is 0 Å². The molecule has 1 heterocycles. The Balaban J connectivity index is 2.47. The highest BCUT2D eigenvalue weighted by molar-refractivity contribution is 7.14. The SMILES string of the molecule is CCOC(=O)c1ncsc1NCCN(CC)CC. The normalized spacial score (nSPS) is 10.7. The molecule has 102 valence electrons. The number of carbonyl (C=O) groups is 1. The monoisotopic (exact) mass is 271 g/mol. The number of hydrogen-bond acceptors (Lipinski definition) is 6. The van der Waals surface area contributed by atoms with Gasteiger partial charge in [0, 0.05) is 13.1 Å². The van der Waals surface area contributed by atoms with E-state index in [2.05, 4.69) is 29.0 Å². The summed E-state index contributed by atoms with van der Waals surface area (Å²) in [5.74, 6) is -0.357. The first-order chi connectivity index (χ1) is 8.72. The summed E-state index contributed by atoms with van der Waals surface area (Å²) in [6, 6.07) is 0. The van der Waals surface area contributed by atoms with Crippen LogP contribution in [0.25, 0.3) is 0 Å². The molecule has 0 radical (unpaired) electrons. The van der Waals surface area contributed by atoms with Crippen molar-refractivity contribution in [3.8, 4) is 0 Å². The van der Waals surface area contributed by atoms with Crippen LogP contribution in [0.15, 0.2) is 5.51 Å². The highest BCUT2D eigenvalue weighted by Crippen LogP contribution is 2.20. The first-order valence-corrected chi connectivity index (χ1v) is 7.17. The number of ether oxygens (including phenoxy) is 1. The van der Waals surface area contributed by atoms with Gasteiger partial charge in [-0.3, -0.25) is 0 Å². The van der Waals surface area contributed by atoms with Crippen LogP contribution < -0.4 is 5.32 Å². The first-order valence-electron chi connectivity index (χ1n) is 6.29. The zero-order valence-electron chi connectivity index (χ0n) is 11.2. The van der Waals surface area contributed by atoms with E-state index in [1.807, 2.05) is 0 Å². The third kappa shape index (κ3) is 4.27. The number of nitrogens with zero attached hydrogens (tertiary/aromatic N) is 2. The molecule has 0 fully saturated rings. The highest BCUT2D eigenvalue weighted by Gasteiger charge is 2.15. The number of anilines is 1. The molecule has 0 spiro atoms. The molecule has 1 N–H and O–H groups in total. The summed E-state index contributed by atoms with van der Waals surface area (Å²) in [7, 11) is 0. The van der Waals surface area contributed by atoms with Crippen LogP contribution in [0.2, 0.25) is 0 Å². The minimum absolute atomic E-state index is 0.357. The van der Waals surface area contributed by atoms with Gasteiger partial charge in [-0.1, -0.05) is 13.8 Å². The third-order valence-corrected chi connectivity index (χ3v) is 3.43. The fourth-order valence-electron chi connectivity index (χ4n) is 1.58. The molecule has 0 unspecified atom stereocenters. The molecule has 1 aromatic heterocycles. The standard InChI is InChI=1S/C12H21N3O2S/c1-4-15(5-2)8-7-13-11-10(14-9-18-11)12(16)17-6-3/h9,13H,4-8H2,1-3H3. The van der Waals surface area contributed by atoms with Crippen molar-refractivity contribution in [2.75, 3.05) is 38.1 Å². The average molecular weight is 271 g/mol. The predicted molar refractivity (Wildman–Crippen MR) is 74.3 cm³/mol. The van der Waals surface area contributed by atoms with E-state index in [9.17, 15) is 4.79 Å². The second-order valence-electron chi connectivity index (χ2n) is 3.70.